The molecule has 0 spiro atoms. The Morgan fingerprint density at radius 1 is 1.47 bits per heavy atom. The molecule has 3 N–H and O–H groups in total. The van der Waals surface area contributed by atoms with E-state index in [0.717, 1.165) is 6.07 Å². The Kier molecular flexibility index (Phi) is 6.05. The van der Waals surface area contributed by atoms with Crippen LogP contribution >= 0.6 is 11.6 Å². The van der Waals surface area contributed by atoms with Crippen molar-refractivity contribution < 1.29 is 14.3 Å². The van der Waals surface area contributed by atoms with E-state index in [1.807, 2.05) is 13.8 Å². The molecule has 0 aliphatic carbocycles. The molecule has 0 bridgehead atoms. The highest BCUT2D eigenvalue weighted by molar-refractivity contribution is 6.30. The Morgan fingerprint density at radius 2 is 2.16 bits per heavy atom. The maximum atomic E-state index is 13.5. The fourth-order valence-electron chi connectivity index (χ4n) is 1.63. The lowest BCUT2D eigenvalue weighted by Gasteiger charge is -2.21. The molecule has 0 aromatic heterocycles. The van der Waals surface area contributed by atoms with Crippen molar-refractivity contribution in [1.29, 1.82) is 0 Å². The SMILES string of the molecule is CC(C)C(CCO)NC(=O)Nc1ccc(Cl)cc1F. The van der Waals surface area contributed by atoms with Crippen LogP contribution in [-0.4, -0.2) is 23.8 Å². The molecule has 1 unspecified atom stereocenters. The van der Waals surface area contributed by atoms with Gasteiger partial charge in [0.1, 0.15) is 5.82 Å². The summed E-state index contributed by atoms with van der Waals surface area (Å²) in [5.74, 6) is -0.418. The highest BCUT2D eigenvalue weighted by atomic mass is 35.5. The van der Waals surface area contributed by atoms with E-state index < -0.39 is 11.8 Å². The first kappa shape index (κ1) is 15.7. The van der Waals surface area contributed by atoms with Crippen LogP contribution < -0.4 is 10.6 Å². The van der Waals surface area contributed by atoms with E-state index in [1.54, 1.807) is 0 Å². The van der Waals surface area contributed by atoms with Crippen molar-refractivity contribution in [2.24, 2.45) is 5.92 Å². The topological polar surface area (TPSA) is 61.4 Å². The van der Waals surface area contributed by atoms with Gasteiger partial charge in [-0.25, -0.2) is 9.18 Å². The highest BCUT2D eigenvalue weighted by Gasteiger charge is 2.16. The largest absolute Gasteiger partial charge is 0.396 e. The number of aliphatic hydroxyl groups is 1. The van der Waals surface area contributed by atoms with Crippen LogP contribution in [0.5, 0.6) is 0 Å². The number of carbonyl (C=O) groups is 1. The van der Waals surface area contributed by atoms with E-state index in [-0.39, 0.29) is 29.3 Å². The first-order chi connectivity index (χ1) is 8.93. The van der Waals surface area contributed by atoms with Crippen molar-refractivity contribution in [3.8, 4) is 0 Å². The smallest absolute Gasteiger partial charge is 0.319 e. The molecule has 106 valence electrons. The molecule has 4 nitrogen and oxygen atoms in total. The van der Waals surface area contributed by atoms with Gasteiger partial charge in [-0.2, -0.15) is 0 Å². The molecule has 1 aromatic rings. The Bertz CT molecular complexity index is 441. The summed E-state index contributed by atoms with van der Waals surface area (Å²) in [6.07, 6.45) is 0.453. The van der Waals surface area contributed by atoms with Gasteiger partial charge < -0.3 is 15.7 Å². The summed E-state index contributed by atoms with van der Waals surface area (Å²) in [4.78, 5) is 11.7. The fraction of sp³-hybridized carbons (Fsp3) is 0.462. The minimum Gasteiger partial charge on any atom is -0.396 e. The van der Waals surface area contributed by atoms with Crippen molar-refractivity contribution in [1.82, 2.24) is 5.32 Å². The molecule has 6 heteroatoms. The van der Waals surface area contributed by atoms with Gasteiger partial charge in [-0.15, -0.1) is 0 Å². The van der Waals surface area contributed by atoms with E-state index in [4.69, 9.17) is 16.7 Å². The van der Waals surface area contributed by atoms with Crippen LogP contribution in [0.2, 0.25) is 5.02 Å². The number of rotatable bonds is 5. The van der Waals surface area contributed by atoms with Gasteiger partial charge in [0.2, 0.25) is 0 Å². The van der Waals surface area contributed by atoms with Crippen molar-refractivity contribution in [3.63, 3.8) is 0 Å². The van der Waals surface area contributed by atoms with Gasteiger partial charge in [-0.3, -0.25) is 0 Å². The number of amides is 2. The quantitative estimate of drug-likeness (QED) is 0.780. The highest BCUT2D eigenvalue weighted by Crippen LogP contribution is 2.18. The second-order valence-electron chi connectivity index (χ2n) is 4.59. The van der Waals surface area contributed by atoms with E-state index >= 15 is 0 Å². The lowest BCUT2D eigenvalue weighted by molar-refractivity contribution is 0.227. The molecule has 0 fully saturated rings. The van der Waals surface area contributed by atoms with Crippen molar-refractivity contribution in [3.05, 3.63) is 29.0 Å². The molecule has 1 atom stereocenters. The summed E-state index contributed by atoms with van der Waals surface area (Å²) in [6, 6.07) is 3.35. The van der Waals surface area contributed by atoms with Crippen LogP contribution in [0.3, 0.4) is 0 Å². The standard InChI is InChI=1S/C13H18ClFN2O2/c1-8(2)11(5-6-18)16-13(19)17-12-4-3-9(14)7-10(12)15/h3-4,7-8,11,18H,5-6H2,1-2H3,(H2,16,17,19). The van der Waals surface area contributed by atoms with Crippen LogP contribution in [0.15, 0.2) is 18.2 Å². The second kappa shape index (κ2) is 7.31. The number of anilines is 1. The van der Waals surface area contributed by atoms with Crippen LogP contribution in [0.4, 0.5) is 14.9 Å². The van der Waals surface area contributed by atoms with Crippen LogP contribution in [0.1, 0.15) is 20.3 Å². The Morgan fingerprint density at radius 3 is 2.68 bits per heavy atom. The fourth-order valence-corrected chi connectivity index (χ4v) is 1.79. The van der Waals surface area contributed by atoms with E-state index in [1.165, 1.54) is 12.1 Å². The van der Waals surface area contributed by atoms with Gasteiger partial charge in [-0.05, 0) is 30.5 Å². The van der Waals surface area contributed by atoms with Crippen LogP contribution in [0, 0.1) is 11.7 Å². The monoisotopic (exact) mass is 288 g/mol. The number of nitrogens with one attached hydrogen (secondary N) is 2. The summed E-state index contributed by atoms with van der Waals surface area (Å²) in [5.41, 5.74) is 0.0633. The predicted octanol–water partition coefficient (Wildman–Crippen LogP) is 3.01. The normalized spacial score (nSPS) is 12.3. The zero-order valence-electron chi connectivity index (χ0n) is 10.9. The molecular weight excluding hydrogens is 271 g/mol. The second-order valence-corrected chi connectivity index (χ2v) is 5.02. The summed E-state index contributed by atoms with van der Waals surface area (Å²) in [5, 5.41) is 14.3. The third-order valence-electron chi connectivity index (χ3n) is 2.74. The molecular formula is C13H18ClFN2O2. The van der Waals surface area contributed by atoms with Gasteiger partial charge in [0.25, 0.3) is 0 Å². The van der Waals surface area contributed by atoms with Gasteiger partial charge >= 0.3 is 6.03 Å². The number of urea groups is 1. The average Bonchev–Trinajstić information content (AvgIpc) is 2.32. The van der Waals surface area contributed by atoms with E-state index in [0.29, 0.717) is 6.42 Å². The maximum Gasteiger partial charge on any atom is 0.319 e. The number of carbonyl (C=O) groups excluding carboxylic acids is 1. The maximum absolute atomic E-state index is 13.5. The summed E-state index contributed by atoms with van der Waals surface area (Å²) in [6.45, 7) is 3.85. The Hall–Kier alpha value is -1.33. The molecule has 1 aromatic carbocycles. The summed E-state index contributed by atoms with van der Waals surface area (Å²) >= 11 is 5.62. The zero-order chi connectivity index (χ0) is 14.4. The first-order valence-corrected chi connectivity index (χ1v) is 6.45. The van der Waals surface area contributed by atoms with E-state index in [2.05, 4.69) is 10.6 Å². The molecule has 2 amide bonds. The first-order valence-electron chi connectivity index (χ1n) is 6.07. The van der Waals surface area contributed by atoms with Gasteiger partial charge in [-0.1, -0.05) is 25.4 Å². The zero-order valence-corrected chi connectivity index (χ0v) is 11.7. The molecule has 19 heavy (non-hydrogen) atoms. The molecule has 0 saturated carbocycles. The molecule has 0 heterocycles. The van der Waals surface area contributed by atoms with Gasteiger partial charge in [0, 0.05) is 17.7 Å². The minimum atomic E-state index is -0.592. The van der Waals surface area contributed by atoms with E-state index in [9.17, 15) is 9.18 Å². The number of aliphatic hydroxyl groups excluding tert-OH is 1. The van der Waals surface area contributed by atoms with Crippen molar-refractivity contribution in [2.75, 3.05) is 11.9 Å². The molecule has 0 radical (unpaired) electrons. The van der Waals surface area contributed by atoms with Crippen molar-refractivity contribution >= 4 is 23.3 Å². The predicted molar refractivity (Wildman–Crippen MR) is 73.9 cm³/mol. The van der Waals surface area contributed by atoms with Gasteiger partial charge in [0.05, 0.1) is 5.69 Å². The Balaban J connectivity index is 2.63. The minimum absolute atomic E-state index is 0.0154. The number of hydrogen-bond acceptors (Lipinski definition) is 2. The summed E-state index contributed by atoms with van der Waals surface area (Å²) < 4.78 is 13.5. The Labute approximate surface area is 117 Å². The number of hydrogen-bond donors (Lipinski definition) is 3. The van der Waals surface area contributed by atoms with Crippen LogP contribution in [0.25, 0.3) is 0 Å². The molecule has 0 aliphatic rings. The number of benzene rings is 1. The third kappa shape index (κ3) is 5.04. The third-order valence-corrected chi connectivity index (χ3v) is 2.98. The van der Waals surface area contributed by atoms with Crippen molar-refractivity contribution in [2.45, 2.75) is 26.3 Å². The van der Waals surface area contributed by atoms with Crippen LogP contribution in [-0.2, 0) is 0 Å². The molecule has 1 rings (SSSR count). The lowest BCUT2D eigenvalue weighted by atomic mass is 10.0. The number of halogens is 2. The summed E-state index contributed by atoms with van der Waals surface area (Å²) in [7, 11) is 0. The van der Waals surface area contributed by atoms with Gasteiger partial charge in [0.15, 0.2) is 0 Å². The molecule has 0 saturated heterocycles. The average molecular weight is 289 g/mol. The molecule has 0 aliphatic heterocycles. The lowest BCUT2D eigenvalue weighted by Crippen LogP contribution is -2.41.